The molecule has 3 aliphatic heterocycles. The number of nitrogens with two attached hydrogens (primary N) is 2. The first kappa shape index (κ1) is 30.8. The average molecular weight is 662 g/mol. The smallest absolute Gasteiger partial charge is 0.319 e. The fourth-order valence-electron chi connectivity index (χ4n) is 8.04. The normalized spacial score (nSPS) is 24.4. The summed E-state index contributed by atoms with van der Waals surface area (Å²) in [6.45, 7) is 7.14. The van der Waals surface area contributed by atoms with E-state index in [1.165, 1.54) is 6.07 Å². The Morgan fingerprint density at radius 3 is 2.73 bits per heavy atom. The second-order valence-electron chi connectivity index (χ2n) is 13.8. The van der Waals surface area contributed by atoms with Crippen molar-refractivity contribution < 1.29 is 22.6 Å². The Hall–Kier alpha value is -4.46. The number of aryl methyl sites for hydroxylation is 1. The quantitative estimate of drug-likeness (QED) is 0.263. The van der Waals surface area contributed by atoms with E-state index in [1.54, 1.807) is 6.07 Å². The number of nitrogens with zero attached hydrogens (tertiary/aromatic N) is 7. The van der Waals surface area contributed by atoms with Crippen LogP contribution in [0.4, 0.5) is 30.6 Å². The van der Waals surface area contributed by atoms with E-state index in [4.69, 9.17) is 30.9 Å². The maximum atomic E-state index is 17.1. The molecule has 0 amide bonds. The molecule has 48 heavy (non-hydrogen) atoms. The van der Waals surface area contributed by atoms with Crippen molar-refractivity contribution in [1.82, 2.24) is 29.8 Å². The van der Waals surface area contributed by atoms with Crippen molar-refractivity contribution in [3.8, 4) is 23.3 Å². The molecule has 11 nitrogen and oxygen atoms in total. The highest BCUT2D eigenvalue weighted by Gasteiger charge is 2.49. The van der Waals surface area contributed by atoms with Crippen LogP contribution in [-0.2, 0) is 0 Å². The van der Waals surface area contributed by atoms with Crippen LogP contribution in [0.15, 0.2) is 18.3 Å². The van der Waals surface area contributed by atoms with Gasteiger partial charge in [-0.2, -0.15) is 9.97 Å². The third-order valence-electron chi connectivity index (χ3n) is 10.4. The molecule has 0 aromatic carbocycles. The van der Waals surface area contributed by atoms with Crippen molar-refractivity contribution in [2.45, 2.75) is 82.6 Å². The van der Waals surface area contributed by atoms with E-state index in [1.807, 2.05) is 25.7 Å². The van der Waals surface area contributed by atoms with E-state index in [-0.39, 0.29) is 65.3 Å². The van der Waals surface area contributed by atoms with Crippen LogP contribution in [0.5, 0.6) is 11.9 Å². The van der Waals surface area contributed by atoms with Gasteiger partial charge in [0.25, 0.3) is 0 Å². The molecule has 4 aliphatic rings. The fraction of sp³-hybridized carbons (Fsp3) is 0.500. The Morgan fingerprint density at radius 1 is 1.12 bits per heavy atom. The number of nitrogen functional groups attached to an aromatic ring is 2. The lowest BCUT2D eigenvalue weighted by molar-refractivity contribution is 0.107. The summed E-state index contributed by atoms with van der Waals surface area (Å²) in [7, 11) is 0. The molecule has 4 aromatic heterocycles. The van der Waals surface area contributed by atoms with Gasteiger partial charge in [0, 0.05) is 18.5 Å². The minimum atomic E-state index is -0.945. The molecule has 2 unspecified atom stereocenters. The van der Waals surface area contributed by atoms with Gasteiger partial charge < -0.3 is 25.8 Å². The van der Waals surface area contributed by atoms with Gasteiger partial charge in [-0.15, -0.1) is 0 Å². The molecule has 0 radical (unpaired) electrons. The van der Waals surface area contributed by atoms with E-state index in [2.05, 4.69) is 19.9 Å². The summed E-state index contributed by atoms with van der Waals surface area (Å²) in [4.78, 5) is 26.8. The van der Waals surface area contributed by atoms with E-state index in [0.29, 0.717) is 30.0 Å². The van der Waals surface area contributed by atoms with E-state index in [0.717, 1.165) is 49.6 Å². The standard InChI is InChI=1S/C34H38F3N9O2/c1-16-9-23(38)41-28(24(16)19-5-6-19)29-26(37)27-25-31(44-33(43-27)48-15-34-7-4-8-45(34)13-21(36)11-34)46(17(2)14-47-32(25)42-29)18(3)22-10-20(35)12-40-30(22)39/h9-10,12,17-19,21H,4-8,11,13-15H2,1-3H3,(H2,38,41)(H2,39,40)/t17-,18?,21?,34-/m0/s1. The molecule has 0 bridgehead atoms. The molecule has 14 heteroatoms. The van der Waals surface area contributed by atoms with Crippen LogP contribution in [0.3, 0.4) is 0 Å². The summed E-state index contributed by atoms with van der Waals surface area (Å²) in [5.41, 5.74) is 14.5. The van der Waals surface area contributed by atoms with Gasteiger partial charge in [-0.25, -0.2) is 28.1 Å². The zero-order valence-corrected chi connectivity index (χ0v) is 27.1. The van der Waals surface area contributed by atoms with E-state index < -0.39 is 29.4 Å². The lowest BCUT2D eigenvalue weighted by Crippen LogP contribution is -2.43. The van der Waals surface area contributed by atoms with Crippen molar-refractivity contribution in [2.75, 3.05) is 42.7 Å². The molecule has 252 valence electrons. The maximum absolute atomic E-state index is 17.1. The zero-order chi connectivity index (χ0) is 33.5. The monoisotopic (exact) mass is 661 g/mol. The van der Waals surface area contributed by atoms with Crippen molar-refractivity contribution >= 4 is 28.4 Å². The molecule has 8 rings (SSSR count). The fourth-order valence-corrected chi connectivity index (χ4v) is 8.04. The van der Waals surface area contributed by atoms with Crippen LogP contribution in [0.1, 0.15) is 74.6 Å². The van der Waals surface area contributed by atoms with Gasteiger partial charge in [-0.3, -0.25) is 4.90 Å². The molecular formula is C34H38F3N9O2. The molecule has 7 heterocycles. The van der Waals surface area contributed by atoms with Gasteiger partial charge in [0.05, 0.1) is 29.5 Å². The second kappa shape index (κ2) is 11.3. The van der Waals surface area contributed by atoms with Crippen molar-refractivity contribution in [2.24, 2.45) is 0 Å². The Bertz CT molecular complexity index is 1940. The molecule has 4 N–H and O–H groups in total. The lowest BCUT2D eigenvalue weighted by atomic mass is 9.95. The maximum Gasteiger partial charge on any atom is 0.319 e. The zero-order valence-electron chi connectivity index (χ0n) is 27.1. The van der Waals surface area contributed by atoms with Gasteiger partial charge in [-0.1, -0.05) is 0 Å². The first-order valence-corrected chi connectivity index (χ1v) is 16.6. The van der Waals surface area contributed by atoms with Crippen LogP contribution in [0.2, 0.25) is 0 Å². The number of anilines is 3. The number of rotatable bonds is 7. The molecule has 0 spiro atoms. The Labute approximate surface area is 275 Å². The van der Waals surface area contributed by atoms with Crippen LogP contribution in [-0.4, -0.2) is 73.9 Å². The summed E-state index contributed by atoms with van der Waals surface area (Å²) in [5.74, 6) is -0.199. The Kier molecular flexibility index (Phi) is 7.27. The molecule has 4 atom stereocenters. The van der Waals surface area contributed by atoms with Crippen LogP contribution < -0.4 is 25.8 Å². The third-order valence-corrected chi connectivity index (χ3v) is 10.4. The van der Waals surface area contributed by atoms with Gasteiger partial charge in [0.2, 0.25) is 5.88 Å². The predicted molar refractivity (Wildman–Crippen MR) is 175 cm³/mol. The minimum absolute atomic E-state index is 0.0187. The average Bonchev–Trinajstić information content (AvgIpc) is 3.75. The number of hydrogen-bond donors (Lipinski definition) is 2. The van der Waals surface area contributed by atoms with Gasteiger partial charge >= 0.3 is 6.01 Å². The summed E-state index contributed by atoms with van der Waals surface area (Å²) in [5, 5.41) is 0.238. The summed E-state index contributed by atoms with van der Waals surface area (Å²) in [6, 6.07) is 2.11. The van der Waals surface area contributed by atoms with Crippen LogP contribution >= 0.6 is 0 Å². The number of alkyl halides is 1. The Balaban J connectivity index is 1.32. The lowest BCUT2D eigenvalue weighted by Gasteiger charge is -2.35. The van der Waals surface area contributed by atoms with Crippen molar-refractivity contribution in [3.05, 3.63) is 46.7 Å². The summed E-state index contributed by atoms with van der Waals surface area (Å²) < 4.78 is 58.7. The van der Waals surface area contributed by atoms with Crippen LogP contribution in [0.25, 0.3) is 22.3 Å². The third kappa shape index (κ3) is 5.03. The van der Waals surface area contributed by atoms with Crippen molar-refractivity contribution in [3.63, 3.8) is 0 Å². The number of fused-ring (bicyclic) bond motifs is 1. The number of halogens is 3. The van der Waals surface area contributed by atoms with Gasteiger partial charge in [0.15, 0.2) is 5.82 Å². The molecule has 2 saturated heterocycles. The summed E-state index contributed by atoms with van der Waals surface area (Å²) >= 11 is 0. The highest BCUT2D eigenvalue weighted by atomic mass is 19.1. The van der Waals surface area contributed by atoms with Gasteiger partial charge in [0.1, 0.15) is 59.3 Å². The van der Waals surface area contributed by atoms with Crippen LogP contribution in [0, 0.1) is 18.6 Å². The molecule has 3 fully saturated rings. The van der Waals surface area contributed by atoms with Gasteiger partial charge in [-0.05, 0) is 82.2 Å². The topological polar surface area (TPSA) is 141 Å². The first-order valence-electron chi connectivity index (χ1n) is 16.6. The number of ether oxygens (including phenoxy) is 2. The van der Waals surface area contributed by atoms with E-state index >= 15 is 4.39 Å². The highest BCUT2D eigenvalue weighted by Crippen LogP contribution is 2.48. The second-order valence-corrected chi connectivity index (χ2v) is 13.8. The number of hydrogen-bond acceptors (Lipinski definition) is 11. The minimum Gasteiger partial charge on any atom is -0.475 e. The predicted octanol–water partition coefficient (Wildman–Crippen LogP) is 5.41. The first-order chi connectivity index (χ1) is 23.0. The number of pyridine rings is 3. The molecule has 1 saturated carbocycles. The number of aromatic nitrogens is 5. The molecular weight excluding hydrogens is 623 g/mol. The van der Waals surface area contributed by atoms with Crippen molar-refractivity contribution in [1.29, 1.82) is 0 Å². The molecule has 1 aliphatic carbocycles. The summed E-state index contributed by atoms with van der Waals surface area (Å²) in [6.07, 6.45) is 4.11. The van der Waals surface area contributed by atoms with E-state index in [9.17, 15) is 8.78 Å². The Morgan fingerprint density at radius 2 is 1.94 bits per heavy atom. The largest absolute Gasteiger partial charge is 0.475 e. The SMILES string of the molecule is Cc1cc(N)nc(-c2nc3c4c(nc(OC[C@@]56CCCN5CC(F)C6)nc4c2F)N(C(C)c2cc(F)cnc2N)[C@@H](C)CO3)c1C1CC1. The highest BCUT2D eigenvalue weighted by molar-refractivity contribution is 5.97. The molecule has 4 aromatic rings.